The van der Waals surface area contributed by atoms with Gasteiger partial charge >= 0.3 is 0 Å². The van der Waals surface area contributed by atoms with E-state index in [-0.39, 0.29) is 17.7 Å². The van der Waals surface area contributed by atoms with Crippen molar-refractivity contribution in [3.8, 4) is 5.75 Å². The minimum Gasteiger partial charge on any atom is -0.485 e. The molecule has 0 amide bonds. The molecule has 0 radical (unpaired) electrons. The molecule has 4 heteroatoms. The summed E-state index contributed by atoms with van der Waals surface area (Å²) >= 11 is 6.19. The van der Waals surface area contributed by atoms with Crippen LogP contribution < -0.4 is 10.1 Å². The van der Waals surface area contributed by atoms with E-state index in [1.54, 1.807) is 6.07 Å². The second-order valence-corrected chi connectivity index (χ2v) is 6.06. The van der Waals surface area contributed by atoms with E-state index in [0.29, 0.717) is 16.9 Å². The van der Waals surface area contributed by atoms with E-state index in [4.69, 9.17) is 16.3 Å². The molecule has 2 aliphatic rings. The van der Waals surface area contributed by atoms with Crippen molar-refractivity contribution in [3.63, 3.8) is 0 Å². The third-order valence-electron chi connectivity index (χ3n) is 4.15. The van der Waals surface area contributed by atoms with Gasteiger partial charge in [-0.05, 0) is 50.3 Å². The third-order valence-corrected chi connectivity index (χ3v) is 4.62. The number of nitrogens with one attached hydrogen (secondary N) is 1. The highest BCUT2D eigenvalue weighted by molar-refractivity contribution is 6.32. The highest BCUT2D eigenvalue weighted by atomic mass is 35.5. The summed E-state index contributed by atoms with van der Waals surface area (Å²) in [6, 6.07) is 3.13. The van der Waals surface area contributed by atoms with Crippen LogP contribution in [0.3, 0.4) is 0 Å². The maximum absolute atomic E-state index is 13.9. The van der Waals surface area contributed by atoms with Crippen LogP contribution in [0.4, 0.5) is 4.39 Å². The number of hydrogen-bond donors (Lipinski definition) is 1. The monoisotopic (exact) mass is 283 g/mol. The SMILES string of the molecule is Cc1ccc(F)c(O[C@@H](C2CC2)[C@H]2CCNC2)c1Cl. The van der Waals surface area contributed by atoms with E-state index in [2.05, 4.69) is 5.32 Å². The third kappa shape index (κ3) is 2.72. The Balaban J connectivity index is 1.83. The van der Waals surface area contributed by atoms with E-state index in [0.717, 1.165) is 25.1 Å². The van der Waals surface area contributed by atoms with E-state index in [1.807, 2.05) is 6.92 Å². The molecule has 3 rings (SSSR count). The average Bonchev–Trinajstić information content (AvgIpc) is 3.09. The Morgan fingerprint density at radius 2 is 2.11 bits per heavy atom. The van der Waals surface area contributed by atoms with Gasteiger partial charge in [-0.25, -0.2) is 4.39 Å². The standard InChI is InChI=1S/C15H19ClFNO/c1-9-2-5-12(17)15(13(9)16)19-14(10-3-4-10)11-6-7-18-8-11/h2,5,10-11,14,18H,3-4,6-8H2,1H3/t11-,14-/m0/s1. The lowest BCUT2D eigenvalue weighted by atomic mass is 9.97. The van der Waals surface area contributed by atoms with Gasteiger partial charge in [0, 0.05) is 12.5 Å². The zero-order valence-electron chi connectivity index (χ0n) is 11.1. The van der Waals surface area contributed by atoms with Gasteiger partial charge in [-0.2, -0.15) is 0 Å². The topological polar surface area (TPSA) is 21.3 Å². The van der Waals surface area contributed by atoms with Crippen molar-refractivity contribution in [2.75, 3.05) is 13.1 Å². The van der Waals surface area contributed by atoms with Crippen molar-refractivity contribution in [2.45, 2.75) is 32.3 Å². The summed E-state index contributed by atoms with van der Waals surface area (Å²) in [7, 11) is 0. The molecule has 2 fully saturated rings. The van der Waals surface area contributed by atoms with Gasteiger partial charge in [0.25, 0.3) is 0 Å². The molecule has 1 saturated heterocycles. The Morgan fingerprint density at radius 1 is 1.32 bits per heavy atom. The Morgan fingerprint density at radius 3 is 2.74 bits per heavy atom. The van der Waals surface area contributed by atoms with Gasteiger partial charge in [0.2, 0.25) is 0 Å². The highest BCUT2D eigenvalue weighted by Crippen LogP contribution is 2.42. The molecule has 19 heavy (non-hydrogen) atoms. The van der Waals surface area contributed by atoms with Gasteiger partial charge < -0.3 is 10.1 Å². The number of ether oxygens (including phenoxy) is 1. The first-order chi connectivity index (χ1) is 9.16. The fourth-order valence-corrected chi connectivity index (χ4v) is 3.03. The van der Waals surface area contributed by atoms with Gasteiger partial charge in [-0.15, -0.1) is 0 Å². The molecule has 1 aromatic carbocycles. The largest absolute Gasteiger partial charge is 0.485 e. The molecular weight excluding hydrogens is 265 g/mol. The first kappa shape index (κ1) is 13.2. The van der Waals surface area contributed by atoms with Crippen molar-refractivity contribution in [1.82, 2.24) is 5.32 Å². The second-order valence-electron chi connectivity index (χ2n) is 5.68. The molecule has 1 heterocycles. The molecule has 0 unspecified atom stereocenters. The fourth-order valence-electron chi connectivity index (χ4n) is 2.83. The maximum Gasteiger partial charge on any atom is 0.174 e. The summed E-state index contributed by atoms with van der Waals surface area (Å²) in [5.74, 6) is 0.932. The number of hydrogen-bond acceptors (Lipinski definition) is 2. The molecule has 2 nitrogen and oxygen atoms in total. The second kappa shape index (κ2) is 5.29. The first-order valence-corrected chi connectivity index (χ1v) is 7.36. The summed E-state index contributed by atoms with van der Waals surface area (Å²) in [5.41, 5.74) is 0.858. The predicted molar refractivity (Wildman–Crippen MR) is 74.3 cm³/mol. The normalized spacial score (nSPS) is 24.5. The van der Waals surface area contributed by atoms with E-state index in [9.17, 15) is 4.39 Å². The molecule has 0 bridgehead atoms. The molecule has 2 atom stereocenters. The molecule has 1 saturated carbocycles. The van der Waals surface area contributed by atoms with Crippen LogP contribution in [0.2, 0.25) is 5.02 Å². The van der Waals surface area contributed by atoms with Crippen LogP contribution in [0.5, 0.6) is 5.75 Å². The minimum atomic E-state index is -0.354. The number of halogens is 2. The molecule has 104 valence electrons. The number of benzene rings is 1. The van der Waals surface area contributed by atoms with Crippen molar-refractivity contribution in [1.29, 1.82) is 0 Å². The molecule has 1 N–H and O–H groups in total. The summed E-state index contributed by atoms with van der Waals surface area (Å²) < 4.78 is 20.0. The van der Waals surface area contributed by atoms with Gasteiger partial charge in [0.05, 0.1) is 5.02 Å². The molecular formula is C15H19ClFNO. The van der Waals surface area contributed by atoms with E-state index >= 15 is 0 Å². The predicted octanol–water partition coefficient (Wildman–Crippen LogP) is 3.55. The van der Waals surface area contributed by atoms with Gasteiger partial charge in [-0.3, -0.25) is 0 Å². The molecule has 1 aromatic rings. The number of rotatable bonds is 4. The first-order valence-electron chi connectivity index (χ1n) is 6.99. The molecule has 0 aromatic heterocycles. The van der Waals surface area contributed by atoms with Crippen LogP contribution in [-0.2, 0) is 0 Å². The summed E-state index contributed by atoms with van der Waals surface area (Å²) in [4.78, 5) is 0. The van der Waals surface area contributed by atoms with Crippen molar-refractivity contribution < 1.29 is 9.13 Å². The summed E-state index contributed by atoms with van der Waals surface area (Å²) in [6.45, 7) is 3.87. The van der Waals surface area contributed by atoms with Crippen LogP contribution in [0.1, 0.15) is 24.8 Å². The van der Waals surface area contributed by atoms with Crippen LogP contribution >= 0.6 is 11.6 Å². The van der Waals surface area contributed by atoms with Crippen molar-refractivity contribution in [2.24, 2.45) is 11.8 Å². The van der Waals surface area contributed by atoms with Gasteiger partial charge in [-0.1, -0.05) is 17.7 Å². The lowest BCUT2D eigenvalue weighted by Gasteiger charge is -2.25. The highest BCUT2D eigenvalue weighted by Gasteiger charge is 2.40. The Labute approximate surface area is 118 Å². The lowest BCUT2D eigenvalue weighted by molar-refractivity contribution is 0.115. The maximum atomic E-state index is 13.9. The van der Waals surface area contributed by atoms with Gasteiger partial charge in [0.15, 0.2) is 11.6 Å². The van der Waals surface area contributed by atoms with Crippen LogP contribution in [0.25, 0.3) is 0 Å². The van der Waals surface area contributed by atoms with Crippen LogP contribution in [0.15, 0.2) is 12.1 Å². The summed E-state index contributed by atoms with van der Waals surface area (Å²) in [6.07, 6.45) is 3.58. The van der Waals surface area contributed by atoms with Crippen molar-refractivity contribution >= 4 is 11.6 Å². The number of aryl methyl sites for hydroxylation is 1. The lowest BCUT2D eigenvalue weighted by Crippen LogP contribution is -2.31. The smallest absolute Gasteiger partial charge is 0.174 e. The van der Waals surface area contributed by atoms with Crippen LogP contribution in [0, 0.1) is 24.6 Å². The Hall–Kier alpha value is -0.800. The Kier molecular flexibility index (Phi) is 3.68. The van der Waals surface area contributed by atoms with E-state index < -0.39 is 0 Å². The zero-order chi connectivity index (χ0) is 13.4. The zero-order valence-corrected chi connectivity index (χ0v) is 11.8. The minimum absolute atomic E-state index is 0.101. The molecule has 1 aliphatic carbocycles. The molecule has 0 spiro atoms. The average molecular weight is 284 g/mol. The quantitative estimate of drug-likeness (QED) is 0.912. The van der Waals surface area contributed by atoms with Gasteiger partial charge in [0.1, 0.15) is 6.10 Å². The van der Waals surface area contributed by atoms with Crippen LogP contribution in [-0.4, -0.2) is 19.2 Å². The fraction of sp³-hybridized carbons (Fsp3) is 0.600. The summed E-state index contributed by atoms with van der Waals surface area (Å²) in [5, 5.41) is 3.77. The van der Waals surface area contributed by atoms with E-state index in [1.165, 1.54) is 18.9 Å². The van der Waals surface area contributed by atoms with Crippen molar-refractivity contribution in [3.05, 3.63) is 28.5 Å². The molecule has 1 aliphatic heterocycles. The Bertz CT molecular complexity index is 469.